The van der Waals surface area contributed by atoms with Gasteiger partial charge in [0.25, 0.3) is 0 Å². The lowest BCUT2D eigenvalue weighted by molar-refractivity contribution is 0.0864. The highest BCUT2D eigenvalue weighted by atomic mass is 16.5. The van der Waals surface area contributed by atoms with Crippen LogP contribution in [0.25, 0.3) is 0 Å². The standard InChI is InChI=1S/C25H33NO3/c1-17-6-7-18(16-27)13-23(17)29-21-10-8-20(9-11-21)22(28)12-19-14-24(2,3)26-25(4,5)15-19/h6-11,13,19,26-27H,12,14-16H2,1-5H3. The van der Waals surface area contributed by atoms with Crippen LogP contribution in [0.2, 0.25) is 0 Å². The summed E-state index contributed by atoms with van der Waals surface area (Å²) >= 11 is 0. The first-order valence-corrected chi connectivity index (χ1v) is 10.4. The second-order valence-corrected chi connectivity index (χ2v) is 9.68. The van der Waals surface area contributed by atoms with Crippen molar-refractivity contribution in [1.82, 2.24) is 5.32 Å². The van der Waals surface area contributed by atoms with Gasteiger partial charge >= 0.3 is 0 Å². The van der Waals surface area contributed by atoms with Gasteiger partial charge < -0.3 is 15.2 Å². The molecular weight excluding hydrogens is 362 g/mol. The Balaban J connectivity index is 1.66. The van der Waals surface area contributed by atoms with Crippen LogP contribution in [0.3, 0.4) is 0 Å². The maximum atomic E-state index is 12.9. The predicted octanol–water partition coefficient (Wildman–Crippen LogP) is 5.41. The van der Waals surface area contributed by atoms with Crippen molar-refractivity contribution in [2.24, 2.45) is 5.92 Å². The van der Waals surface area contributed by atoms with Crippen molar-refractivity contribution >= 4 is 5.78 Å². The van der Waals surface area contributed by atoms with Gasteiger partial charge in [-0.1, -0.05) is 12.1 Å². The molecule has 1 aliphatic heterocycles. The predicted molar refractivity (Wildman–Crippen MR) is 117 cm³/mol. The number of ether oxygens (including phenoxy) is 1. The number of aliphatic hydroxyl groups is 1. The average molecular weight is 396 g/mol. The number of nitrogens with one attached hydrogen (secondary N) is 1. The molecule has 4 nitrogen and oxygen atoms in total. The molecule has 1 fully saturated rings. The third-order valence-electron chi connectivity index (χ3n) is 5.59. The van der Waals surface area contributed by atoms with Crippen LogP contribution in [-0.4, -0.2) is 22.0 Å². The number of Topliss-reactive ketones (excluding diaryl/α,β-unsaturated/α-hetero) is 1. The molecule has 0 spiro atoms. The maximum absolute atomic E-state index is 12.9. The van der Waals surface area contributed by atoms with Crippen LogP contribution in [0.15, 0.2) is 42.5 Å². The van der Waals surface area contributed by atoms with E-state index >= 15 is 0 Å². The number of aliphatic hydroxyl groups excluding tert-OH is 1. The quantitative estimate of drug-likeness (QED) is 0.642. The number of piperidine rings is 1. The fourth-order valence-corrected chi connectivity index (χ4v) is 4.75. The number of rotatable bonds is 6. The molecule has 2 aromatic rings. The molecular formula is C25H33NO3. The molecule has 0 radical (unpaired) electrons. The van der Waals surface area contributed by atoms with E-state index in [1.807, 2.05) is 49.4 Å². The van der Waals surface area contributed by atoms with Gasteiger partial charge in [-0.25, -0.2) is 0 Å². The fourth-order valence-electron chi connectivity index (χ4n) is 4.75. The number of carbonyl (C=O) groups is 1. The van der Waals surface area contributed by atoms with E-state index in [1.54, 1.807) is 0 Å². The van der Waals surface area contributed by atoms with E-state index in [0.717, 1.165) is 35.3 Å². The Labute approximate surface area is 174 Å². The summed E-state index contributed by atoms with van der Waals surface area (Å²) in [5, 5.41) is 13.0. The molecule has 0 unspecified atom stereocenters. The normalized spacial score (nSPS) is 18.4. The molecule has 0 saturated carbocycles. The fraction of sp³-hybridized carbons (Fsp3) is 0.480. The molecule has 0 bridgehead atoms. The zero-order chi connectivity index (χ0) is 21.2. The van der Waals surface area contributed by atoms with Gasteiger partial charge in [-0.3, -0.25) is 4.79 Å². The molecule has 29 heavy (non-hydrogen) atoms. The van der Waals surface area contributed by atoms with Crippen molar-refractivity contribution in [1.29, 1.82) is 0 Å². The van der Waals surface area contributed by atoms with Gasteiger partial charge in [0.15, 0.2) is 5.78 Å². The van der Waals surface area contributed by atoms with Crippen molar-refractivity contribution in [2.75, 3.05) is 0 Å². The van der Waals surface area contributed by atoms with Gasteiger partial charge in [-0.15, -0.1) is 0 Å². The lowest BCUT2D eigenvalue weighted by atomic mass is 9.74. The minimum absolute atomic E-state index is 0.0195. The number of hydrogen-bond acceptors (Lipinski definition) is 4. The molecule has 156 valence electrons. The van der Waals surface area contributed by atoms with Gasteiger partial charge in [0.2, 0.25) is 0 Å². The molecule has 0 aromatic heterocycles. The summed E-state index contributed by atoms with van der Waals surface area (Å²) in [6.07, 6.45) is 2.58. The van der Waals surface area contributed by atoms with Crippen molar-refractivity contribution < 1.29 is 14.6 Å². The Morgan fingerprint density at radius 2 is 1.69 bits per heavy atom. The highest BCUT2D eigenvalue weighted by molar-refractivity contribution is 5.96. The van der Waals surface area contributed by atoms with Crippen LogP contribution in [0.1, 0.15) is 68.4 Å². The van der Waals surface area contributed by atoms with E-state index in [1.165, 1.54) is 0 Å². The molecule has 4 heteroatoms. The van der Waals surface area contributed by atoms with Crippen molar-refractivity contribution in [3.8, 4) is 11.5 Å². The summed E-state index contributed by atoms with van der Waals surface area (Å²) in [6, 6.07) is 13.0. The Bertz CT molecular complexity index is 852. The molecule has 2 aromatic carbocycles. The summed E-state index contributed by atoms with van der Waals surface area (Å²) < 4.78 is 5.96. The van der Waals surface area contributed by atoms with E-state index in [4.69, 9.17) is 4.74 Å². The number of aryl methyl sites for hydroxylation is 1. The van der Waals surface area contributed by atoms with Gasteiger partial charge in [0.1, 0.15) is 11.5 Å². The first-order valence-electron chi connectivity index (χ1n) is 10.4. The number of carbonyl (C=O) groups excluding carboxylic acids is 1. The molecule has 1 aliphatic rings. The van der Waals surface area contributed by atoms with Crippen molar-refractivity contribution in [3.63, 3.8) is 0 Å². The van der Waals surface area contributed by atoms with E-state index in [9.17, 15) is 9.90 Å². The molecule has 0 amide bonds. The zero-order valence-corrected chi connectivity index (χ0v) is 18.2. The molecule has 2 N–H and O–H groups in total. The van der Waals surface area contributed by atoms with Crippen LogP contribution in [0.5, 0.6) is 11.5 Å². The van der Waals surface area contributed by atoms with E-state index in [2.05, 4.69) is 33.0 Å². The van der Waals surface area contributed by atoms with Crippen LogP contribution in [0.4, 0.5) is 0 Å². The summed E-state index contributed by atoms with van der Waals surface area (Å²) in [6.45, 7) is 10.8. The van der Waals surface area contributed by atoms with Gasteiger partial charge in [-0.05, 0) is 94.8 Å². The van der Waals surface area contributed by atoms with Crippen LogP contribution in [0, 0.1) is 12.8 Å². The SMILES string of the molecule is Cc1ccc(CO)cc1Oc1ccc(C(=O)CC2CC(C)(C)NC(C)(C)C2)cc1. The summed E-state index contributed by atoms with van der Waals surface area (Å²) in [7, 11) is 0. The summed E-state index contributed by atoms with van der Waals surface area (Å²) in [4.78, 5) is 12.9. The number of hydrogen-bond donors (Lipinski definition) is 2. The smallest absolute Gasteiger partial charge is 0.163 e. The van der Waals surface area contributed by atoms with Crippen LogP contribution >= 0.6 is 0 Å². The molecule has 1 saturated heterocycles. The van der Waals surface area contributed by atoms with Gasteiger partial charge in [0.05, 0.1) is 6.61 Å². The first kappa shape index (κ1) is 21.5. The maximum Gasteiger partial charge on any atom is 0.163 e. The van der Waals surface area contributed by atoms with Gasteiger partial charge in [-0.2, -0.15) is 0 Å². The van der Waals surface area contributed by atoms with Crippen molar-refractivity contribution in [3.05, 3.63) is 59.2 Å². The second-order valence-electron chi connectivity index (χ2n) is 9.68. The first-order chi connectivity index (χ1) is 13.6. The summed E-state index contributed by atoms with van der Waals surface area (Å²) in [5.41, 5.74) is 2.63. The largest absolute Gasteiger partial charge is 0.457 e. The monoisotopic (exact) mass is 395 g/mol. The average Bonchev–Trinajstić information content (AvgIpc) is 2.61. The number of benzene rings is 2. The van der Waals surface area contributed by atoms with E-state index in [0.29, 0.717) is 18.1 Å². The van der Waals surface area contributed by atoms with E-state index in [-0.39, 0.29) is 23.5 Å². The highest BCUT2D eigenvalue weighted by Crippen LogP contribution is 2.35. The lowest BCUT2D eigenvalue weighted by Gasteiger charge is -2.46. The van der Waals surface area contributed by atoms with E-state index < -0.39 is 0 Å². The number of ketones is 1. The Kier molecular flexibility index (Phi) is 6.16. The third-order valence-corrected chi connectivity index (χ3v) is 5.59. The zero-order valence-electron chi connectivity index (χ0n) is 18.2. The minimum atomic E-state index is -0.0195. The highest BCUT2D eigenvalue weighted by Gasteiger charge is 2.38. The Morgan fingerprint density at radius 3 is 2.28 bits per heavy atom. The molecule has 3 rings (SSSR count). The molecule has 1 heterocycles. The summed E-state index contributed by atoms with van der Waals surface area (Å²) in [5.74, 6) is 1.97. The second kappa shape index (κ2) is 8.29. The Hall–Kier alpha value is -2.17. The van der Waals surface area contributed by atoms with Gasteiger partial charge in [0, 0.05) is 23.1 Å². The molecule has 0 aliphatic carbocycles. The lowest BCUT2D eigenvalue weighted by Crippen LogP contribution is -2.57. The molecule has 0 atom stereocenters. The van der Waals surface area contributed by atoms with Crippen LogP contribution < -0.4 is 10.1 Å². The Morgan fingerprint density at radius 1 is 1.07 bits per heavy atom. The van der Waals surface area contributed by atoms with Crippen LogP contribution in [-0.2, 0) is 6.61 Å². The van der Waals surface area contributed by atoms with Crippen molar-refractivity contribution in [2.45, 2.75) is 71.6 Å². The minimum Gasteiger partial charge on any atom is -0.457 e. The topological polar surface area (TPSA) is 58.6 Å². The third kappa shape index (κ3) is 5.68.